The van der Waals surface area contributed by atoms with Crippen molar-refractivity contribution in [3.05, 3.63) is 35.6 Å². The van der Waals surface area contributed by atoms with E-state index in [1.165, 1.54) is 31.7 Å². The van der Waals surface area contributed by atoms with E-state index in [-0.39, 0.29) is 11.3 Å². The van der Waals surface area contributed by atoms with Gasteiger partial charge in [-0.05, 0) is 25.0 Å². The van der Waals surface area contributed by atoms with Crippen LogP contribution in [-0.4, -0.2) is 16.8 Å². The lowest BCUT2D eigenvalue weighted by Gasteiger charge is -2.07. The minimum absolute atomic E-state index is 0.0880. The van der Waals surface area contributed by atoms with Gasteiger partial charge in [-0.1, -0.05) is 25.0 Å². The van der Waals surface area contributed by atoms with E-state index in [4.69, 9.17) is 0 Å². The molecule has 0 atom stereocenters. The number of carbonyl (C=O) groups excluding carboxylic acids is 1. The SMILES string of the molecule is O=C(CSC1CCCC1)c1ccccc1F. The molecule has 1 fully saturated rings. The summed E-state index contributed by atoms with van der Waals surface area (Å²) < 4.78 is 13.3. The third-order valence-corrected chi connectivity index (χ3v) is 4.30. The van der Waals surface area contributed by atoms with Crippen LogP contribution in [0.1, 0.15) is 36.0 Å². The summed E-state index contributed by atoms with van der Waals surface area (Å²) in [7, 11) is 0. The Bertz CT molecular complexity index is 372. The molecule has 0 bridgehead atoms. The van der Waals surface area contributed by atoms with Crippen molar-refractivity contribution in [2.75, 3.05) is 5.75 Å². The molecule has 0 N–H and O–H groups in total. The highest BCUT2D eigenvalue weighted by Gasteiger charge is 2.18. The van der Waals surface area contributed by atoms with Gasteiger partial charge in [0.25, 0.3) is 0 Å². The first-order chi connectivity index (χ1) is 7.77. The Morgan fingerprint density at radius 2 is 2.00 bits per heavy atom. The summed E-state index contributed by atoms with van der Waals surface area (Å²) in [5.74, 6) is -0.0829. The van der Waals surface area contributed by atoms with Gasteiger partial charge < -0.3 is 0 Å². The van der Waals surface area contributed by atoms with Crippen LogP contribution < -0.4 is 0 Å². The second-order valence-corrected chi connectivity index (χ2v) is 5.41. The van der Waals surface area contributed by atoms with Crippen LogP contribution in [0.3, 0.4) is 0 Å². The molecule has 86 valence electrons. The van der Waals surface area contributed by atoms with Crippen LogP contribution in [-0.2, 0) is 0 Å². The standard InChI is InChI=1S/C13H15FOS/c14-12-8-4-3-7-11(12)13(15)9-16-10-5-1-2-6-10/h3-4,7-8,10H,1-2,5-6,9H2. The molecule has 3 heteroatoms. The second kappa shape index (κ2) is 5.48. The number of rotatable bonds is 4. The number of halogens is 1. The number of carbonyl (C=O) groups is 1. The van der Waals surface area contributed by atoms with E-state index in [1.807, 2.05) is 0 Å². The Balaban J connectivity index is 1.90. The fourth-order valence-corrected chi connectivity index (χ4v) is 3.22. The maximum Gasteiger partial charge on any atom is 0.175 e. The molecule has 1 aliphatic carbocycles. The van der Waals surface area contributed by atoms with E-state index in [0.29, 0.717) is 11.0 Å². The summed E-state index contributed by atoms with van der Waals surface area (Å²) in [6.07, 6.45) is 4.95. The van der Waals surface area contributed by atoms with Crippen molar-refractivity contribution in [2.45, 2.75) is 30.9 Å². The van der Waals surface area contributed by atoms with E-state index in [1.54, 1.807) is 30.0 Å². The Labute approximate surface area is 99.4 Å². The summed E-state index contributed by atoms with van der Waals surface area (Å²) in [5, 5.41) is 0.607. The first-order valence-corrected chi connectivity index (χ1v) is 6.71. The molecular weight excluding hydrogens is 223 g/mol. The zero-order valence-electron chi connectivity index (χ0n) is 9.12. The first-order valence-electron chi connectivity index (χ1n) is 5.66. The zero-order valence-corrected chi connectivity index (χ0v) is 9.93. The normalized spacial score (nSPS) is 16.6. The van der Waals surface area contributed by atoms with Crippen molar-refractivity contribution in [1.82, 2.24) is 0 Å². The molecule has 0 aliphatic heterocycles. The van der Waals surface area contributed by atoms with Crippen molar-refractivity contribution < 1.29 is 9.18 Å². The molecule has 0 heterocycles. The van der Waals surface area contributed by atoms with E-state index < -0.39 is 5.82 Å². The van der Waals surface area contributed by atoms with Crippen molar-refractivity contribution in [3.63, 3.8) is 0 Å². The zero-order chi connectivity index (χ0) is 11.4. The smallest absolute Gasteiger partial charge is 0.175 e. The van der Waals surface area contributed by atoms with Crippen molar-refractivity contribution in [3.8, 4) is 0 Å². The van der Waals surface area contributed by atoms with Gasteiger partial charge in [-0.15, -0.1) is 0 Å². The minimum atomic E-state index is -0.403. The fourth-order valence-electron chi connectivity index (χ4n) is 2.01. The van der Waals surface area contributed by atoms with E-state index in [2.05, 4.69) is 0 Å². The Morgan fingerprint density at radius 1 is 1.31 bits per heavy atom. The fraction of sp³-hybridized carbons (Fsp3) is 0.462. The van der Waals surface area contributed by atoms with Gasteiger partial charge >= 0.3 is 0 Å². The molecule has 1 aliphatic rings. The van der Waals surface area contributed by atoms with Crippen LogP contribution in [0.15, 0.2) is 24.3 Å². The predicted octanol–water partition coefficient (Wildman–Crippen LogP) is 3.68. The molecule has 1 nitrogen and oxygen atoms in total. The molecule has 2 rings (SSSR count). The highest BCUT2D eigenvalue weighted by molar-refractivity contribution is 8.00. The van der Waals surface area contributed by atoms with Gasteiger partial charge in [-0.25, -0.2) is 4.39 Å². The first kappa shape index (κ1) is 11.6. The Hall–Kier alpha value is -0.830. The lowest BCUT2D eigenvalue weighted by Crippen LogP contribution is -2.08. The van der Waals surface area contributed by atoms with Gasteiger partial charge in [0.05, 0.1) is 11.3 Å². The predicted molar refractivity (Wildman–Crippen MR) is 65.4 cm³/mol. The average molecular weight is 238 g/mol. The monoisotopic (exact) mass is 238 g/mol. The maximum atomic E-state index is 13.3. The van der Waals surface area contributed by atoms with Gasteiger partial charge in [0.1, 0.15) is 5.82 Å². The van der Waals surface area contributed by atoms with Crippen LogP contribution in [0.2, 0.25) is 0 Å². The number of Topliss-reactive ketones (excluding diaryl/α,β-unsaturated/α-hetero) is 1. The quantitative estimate of drug-likeness (QED) is 0.744. The third-order valence-electron chi connectivity index (χ3n) is 2.93. The largest absolute Gasteiger partial charge is 0.293 e. The van der Waals surface area contributed by atoms with Crippen molar-refractivity contribution in [2.24, 2.45) is 0 Å². The molecule has 1 aromatic carbocycles. The van der Waals surface area contributed by atoms with Gasteiger partial charge in [-0.3, -0.25) is 4.79 Å². The van der Waals surface area contributed by atoms with Crippen LogP contribution in [0.25, 0.3) is 0 Å². The van der Waals surface area contributed by atoms with Crippen molar-refractivity contribution in [1.29, 1.82) is 0 Å². The average Bonchev–Trinajstić information content (AvgIpc) is 2.79. The van der Waals surface area contributed by atoms with Crippen LogP contribution in [0, 0.1) is 5.82 Å². The molecule has 16 heavy (non-hydrogen) atoms. The van der Waals surface area contributed by atoms with E-state index in [0.717, 1.165) is 0 Å². The highest BCUT2D eigenvalue weighted by Crippen LogP contribution is 2.29. The lowest BCUT2D eigenvalue weighted by atomic mass is 10.1. The highest BCUT2D eigenvalue weighted by atomic mass is 32.2. The molecule has 0 spiro atoms. The Kier molecular flexibility index (Phi) is 3.99. The number of thioether (sulfide) groups is 1. The van der Waals surface area contributed by atoms with Gasteiger partial charge in [0, 0.05) is 5.25 Å². The van der Waals surface area contributed by atoms with Gasteiger partial charge in [0.2, 0.25) is 0 Å². The van der Waals surface area contributed by atoms with E-state index in [9.17, 15) is 9.18 Å². The third kappa shape index (κ3) is 2.85. The number of hydrogen-bond acceptors (Lipinski definition) is 2. The second-order valence-electron chi connectivity index (χ2n) is 4.12. The van der Waals surface area contributed by atoms with Crippen LogP contribution in [0.5, 0.6) is 0 Å². The molecule has 1 saturated carbocycles. The molecule has 0 aromatic heterocycles. The maximum absolute atomic E-state index is 13.3. The summed E-state index contributed by atoms with van der Waals surface area (Å²) in [4.78, 5) is 11.8. The molecule has 0 saturated heterocycles. The van der Waals surface area contributed by atoms with Crippen LogP contribution in [0.4, 0.5) is 4.39 Å². The molecule has 0 radical (unpaired) electrons. The topological polar surface area (TPSA) is 17.1 Å². The molecule has 0 unspecified atom stereocenters. The Morgan fingerprint density at radius 3 is 2.69 bits per heavy atom. The lowest BCUT2D eigenvalue weighted by molar-refractivity contribution is 0.101. The van der Waals surface area contributed by atoms with Gasteiger partial charge in [0.15, 0.2) is 5.78 Å². The summed E-state index contributed by atoms with van der Waals surface area (Å²) in [5.41, 5.74) is 0.230. The number of benzene rings is 1. The molecule has 0 amide bonds. The van der Waals surface area contributed by atoms with Crippen molar-refractivity contribution >= 4 is 17.5 Å². The summed E-state index contributed by atoms with van der Waals surface area (Å²) in [6.45, 7) is 0. The summed E-state index contributed by atoms with van der Waals surface area (Å²) in [6, 6.07) is 6.22. The number of ketones is 1. The molecule has 1 aromatic rings. The molecular formula is C13H15FOS. The van der Waals surface area contributed by atoms with Gasteiger partial charge in [-0.2, -0.15) is 11.8 Å². The van der Waals surface area contributed by atoms with Crippen LogP contribution >= 0.6 is 11.8 Å². The summed E-state index contributed by atoms with van der Waals surface area (Å²) >= 11 is 1.68. The van der Waals surface area contributed by atoms with E-state index >= 15 is 0 Å². The minimum Gasteiger partial charge on any atom is -0.293 e. The number of hydrogen-bond donors (Lipinski definition) is 0.